The highest BCUT2D eigenvalue weighted by Crippen LogP contribution is 2.03. The minimum Gasteiger partial charge on any atom is -0.465 e. The molecule has 0 atom stereocenters. The minimum absolute atomic E-state index is 0.230. The molecule has 1 aromatic heterocycles. The molecule has 4 heteroatoms. The van der Waals surface area contributed by atoms with Gasteiger partial charge >= 0.3 is 0 Å². The van der Waals surface area contributed by atoms with Crippen molar-refractivity contribution in [2.75, 3.05) is 0 Å². The van der Waals surface area contributed by atoms with Gasteiger partial charge in [0.25, 0.3) is 5.91 Å². The van der Waals surface area contributed by atoms with Crippen LogP contribution in [0.5, 0.6) is 0 Å². The van der Waals surface area contributed by atoms with E-state index in [0.717, 1.165) is 11.3 Å². The summed E-state index contributed by atoms with van der Waals surface area (Å²) in [5.74, 6) is 0.503. The van der Waals surface area contributed by atoms with Gasteiger partial charge in [-0.2, -0.15) is 5.10 Å². The zero-order valence-corrected chi connectivity index (χ0v) is 10.5. The van der Waals surface area contributed by atoms with E-state index < -0.39 is 0 Å². The number of benzene rings is 1. The second-order valence-electron chi connectivity index (χ2n) is 3.96. The largest absolute Gasteiger partial charge is 0.465 e. The first-order chi connectivity index (χ1) is 9.25. The molecule has 0 unspecified atom stereocenters. The van der Waals surface area contributed by atoms with Gasteiger partial charge in [0, 0.05) is 11.8 Å². The Morgan fingerprint density at radius 2 is 2.21 bits per heavy atom. The number of carbonyl (C=O) groups excluding carboxylic acids is 1. The summed E-state index contributed by atoms with van der Waals surface area (Å²) in [6.07, 6.45) is 6.53. The number of hydrazone groups is 1. The highest BCUT2D eigenvalue weighted by atomic mass is 16.3. The normalized spacial score (nSPS) is 11.2. The van der Waals surface area contributed by atoms with Gasteiger partial charge in [0.1, 0.15) is 5.76 Å². The number of nitrogens with one attached hydrogen (secondary N) is 1. The van der Waals surface area contributed by atoms with Gasteiger partial charge in [0.15, 0.2) is 0 Å². The molecule has 0 saturated heterocycles. The van der Waals surface area contributed by atoms with Crippen LogP contribution in [-0.4, -0.2) is 12.1 Å². The predicted octanol–water partition coefficient (Wildman–Crippen LogP) is 3.02. The van der Waals surface area contributed by atoms with Crippen molar-refractivity contribution in [3.63, 3.8) is 0 Å². The number of nitrogens with zero attached hydrogens (tertiary/aromatic N) is 1. The van der Waals surface area contributed by atoms with E-state index in [9.17, 15) is 4.79 Å². The molecule has 1 N–H and O–H groups in total. The Balaban J connectivity index is 1.87. The molecule has 96 valence electrons. The van der Waals surface area contributed by atoms with Crippen LogP contribution in [0.4, 0.5) is 0 Å². The molecule has 0 aliphatic carbocycles. The molecule has 2 rings (SSSR count). The van der Waals surface area contributed by atoms with Crippen molar-refractivity contribution in [3.05, 3.63) is 65.6 Å². The van der Waals surface area contributed by atoms with Gasteiger partial charge in [-0.3, -0.25) is 4.79 Å². The van der Waals surface area contributed by atoms with E-state index in [2.05, 4.69) is 10.5 Å². The summed E-state index contributed by atoms with van der Waals surface area (Å²) in [6.45, 7) is 1.94. The Bertz CT molecular complexity index is 598. The van der Waals surface area contributed by atoms with E-state index in [1.807, 2.05) is 31.2 Å². The predicted molar refractivity (Wildman–Crippen MR) is 74.9 cm³/mol. The van der Waals surface area contributed by atoms with E-state index in [1.165, 1.54) is 6.21 Å². The second kappa shape index (κ2) is 6.35. The molecule has 19 heavy (non-hydrogen) atoms. The number of aryl methyl sites for hydroxylation is 1. The van der Waals surface area contributed by atoms with E-state index in [4.69, 9.17) is 4.42 Å². The number of hydrogen-bond acceptors (Lipinski definition) is 3. The fourth-order valence-corrected chi connectivity index (χ4v) is 1.51. The molecule has 4 nitrogen and oxygen atoms in total. The van der Waals surface area contributed by atoms with Gasteiger partial charge in [-0.1, -0.05) is 17.7 Å². The number of hydrogen-bond donors (Lipinski definition) is 1. The molecule has 2 aromatic rings. The van der Waals surface area contributed by atoms with Crippen LogP contribution in [0.2, 0.25) is 0 Å². The lowest BCUT2D eigenvalue weighted by Gasteiger charge is -1.99. The van der Waals surface area contributed by atoms with Crippen molar-refractivity contribution in [2.45, 2.75) is 6.92 Å². The van der Waals surface area contributed by atoms with Crippen LogP contribution in [0.25, 0.3) is 6.08 Å². The summed E-state index contributed by atoms with van der Waals surface area (Å²) >= 11 is 0. The summed E-state index contributed by atoms with van der Waals surface area (Å²) in [5.41, 5.74) is 4.08. The lowest BCUT2D eigenvalue weighted by atomic mass is 10.1. The maximum absolute atomic E-state index is 11.7. The van der Waals surface area contributed by atoms with Gasteiger partial charge in [0.05, 0.1) is 6.26 Å². The third-order valence-corrected chi connectivity index (χ3v) is 2.41. The monoisotopic (exact) mass is 254 g/mol. The van der Waals surface area contributed by atoms with Gasteiger partial charge in [0.2, 0.25) is 0 Å². The molecule has 1 heterocycles. The highest BCUT2D eigenvalue weighted by Gasteiger charge is 2.02. The maximum Gasteiger partial charge on any atom is 0.271 e. The van der Waals surface area contributed by atoms with Crippen molar-refractivity contribution in [2.24, 2.45) is 5.10 Å². The maximum atomic E-state index is 11.7. The van der Waals surface area contributed by atoms with Gasteiger partial charge in [-0.25, -0.2) is 5.43 Å². The molecule has 0 radical (unpaired) electrons. The molecule has 1 amide bonds. The number of carbonyl (C=O) groups is 1. The van der Waals surface area contributed by atoms with Crippen molar-refractivity contribution < 1.29 is 9.21 Å². The van der Waals surface area contributed by atoms with Crippen molar-refractivity contribution in [1.29, 1.82) is 0 Å². The van der Waals surface area contributed by atoms with Gasteiger partial charge in [-0.05, 0) is 43.3 Å². The molecule has 0 aliphatic rings. The summed E-state index contributed by atoms with van der Waals surface area (Å²) in [6, 6.07) is 11.0. The average molecular weight is 254 g/mol. The van der Waals surface area contributed by atoms with Crippen LogP contribution in [0, 0.1) is 6.92 Å². The topological polar surface area (TPSA) is 54.6 Å². The third-order valence-electron chi connectivity index (χ3n) is 2.41. The highest BCUT2D eigenvalue weighted by molar-refractivity contribution is 5.94. The lowest BCUT2D eigenvalue weighted by molar-refractivity contribution is 0.0955. The summed E-state index contributed by atoms with van der Waals surface area (Å²) in [5, 5.41) is 3.82. The van der Waals surface area contributed by atoms with Gasteiger partial charge < -0.3 is 4.42 Å². The lowest BCUT2D eigenvalue weighted by Crippen LogP contribution is -2.17. The van der Waals surface area contributed by atoms with Crippen LogP contribution in [0.15, 0.2) is 58.3 Å². The van der Waals surface area contributed by atoms with E-state index in [1.54, 1.807) is 30.5 Å². The number of allylic oxidation sites excluding steroid dienone is 1. The first kappa shape index (κ1) is 12.8. The van der Waals surface area contributed by atoms with Crippen molar-refractivity contribution >= 4 is 18.2 Å². The molecule has 0 fully saturated rings. The fourth-order valence-electron chi connectivity index (χ4n) is 1.51. The Labute approximate surface area is 111 Å². The minimum atomic E-state index is -0.230. The summed E-state index contributed by atoms with van der Waals surface area (Å²) in [7, 11) is 0. The standard InChI is InChI=1S/C15H14N2O2/c1-12-5-2-6-13(11-12)15(18)17-16-9-3-7-14-8-4-10-19-14/h2-11H,1H3,(H,17,18)/b7-3+,16-9+. The van der Waals surface area contributed by atoms with Gasteiger partial charge in [-0.15, -0.1) is 0 Å². The molecule has 0 bridgehead atoms. The zero-order valence-electron chi connectivity index (χ0n) is 10.5. The summed E-state index contributed by atoms with van der Waals surface area (Å²) in [4.78, 5) is 11.7. The van der Waals surface area contributed by atoms with Crippen LogP contribution in [0.3, 0.4) is 0 Å². The molecular weight excluding hydrogens is 240 g/mol. The molecule has 1 aromatic carbocycles. The number of amides is 1. The van der Waals surface area contributed by atoms with E-state index >= 15 is 0 Å². The Morgan fingerprint density at radius 1 is 1.32 bits per heavy atom. The average Bonchev–Trinajstić information content (AvgIpc) is 2.91. The Hall–Kier alpha value is -2.62. The van der Waals surface area contributed by atoms with E-state index in [0.29, 0.717) is 5.56 Å². The Morgan fingerprint density at radius 3 is 2.95 bits per heavy atom. The molecular formula is C15H14N2O2. The first-order valence-corrected chi connectivity index (χ1v) is 5.86. The summed E-state index contributed by atoms with van der Waals surface area (Å²) < 4.78 is 5.11. The number of rotatable bonds is 4. The Kier molecular flexibility index (Phi) is 4.29. The van der Waals surface area contributed by atoms with Crippen LogP contribution in [0.1, 0.15) is 21.7 Å². The fraction of sp³-hybridized carbons (Fsp3) is 0.0667. The first-order valence-electron chi connectivity index (χ1n) is 5.86. The van der Waals surface area contributed by atoms with Crippen LogP contribution in [-0.2, 0) is 0 Å². The zero-order chi connectivity index (χ0) is 13.5. The van der Waals surface area contributed by atoms with Crippen molar-refractivity contribution in [1.82, 2.24) is 5.43 Å². The van der Waals surface area contributed by atoms with Crippen LogP contribution < -0.4 is 5.43 Å². The second-order valence-corrected chi connectivity index (χ2v) is 3.96. The molecule has 0 spiro atoms. The quantitative estimate of drug-likeness (QED) is 0.673. The third kappa shape index (κ3) is 3.96. The number of furan rings is 1. The SMILES string of the molecule is Cc1cccc(C(=O)N/N=C/C=C/c2ccco2)c1. The van der Waals surface area contributed by atoms with Crippen LogP contribution >= 0.6 is 0 Å². The molecule has 0 saturated carbocycles. The molecule has 0 aliphatic heterocycles. The van der Waals surface area contributed by atoms with Crippen molar-refractivity contribution in [3.8, 4) is 0 Å². The smallest absolute Gasteiger partial charge is 0.271 e. The van der Waals surface area contributed by atoms with E-state index in [-0.39, 0.29) is 5.91 Å².